The van der Waals surface area contributed by atoms with Gasteiger partial charge in [0.15, 0.2) is 6.29 Å². The number of ketones is 1. The molecule has 0 bridgehead atoms. The number of benzene rings is 2. The van der Waals surface area contributed by atoms with Crippen LogP contribution in [-0.2, 0) is 11.3 Å². The van der Waals surface area contributed by atoms with Gasteiger partial charge in [0.05, 0.1) is 11.3 Å². The van der Waals surface area contributed by atoms with Crippen LogP contribution in [0.25, 0.3) is 0 Å². The maximum absolute atomic E-state index is 14.5. The number of halogens is 4. The number of alkyl halides is 3. The van der Waals surface area contributed by atoms with Gasteiger partial charge in [0, 0.05) is 25.7 Å². The normalized spacial score (nSPS) is 23.6. The van der Waals surface area contributed by atoms with Crippen LogP contribution < -0.4 is 16.4 Å². The lowest BCUT2D eigenvalue weighted by atomic mass is 10.1. The molecule has 1 saturated carbocycles. The number of nitrogens with one attached hydrogen (secondary N) is 2. The topological polar surface area (TPSA) is 103 Å². The molecule has 0 spiro atoms. The fraction of sp³-hybridized carbons (Fsp3) is 0.346. The molecule has 2 aromatic rings. The maximum atomic E-state index is 14.5. The molecule has 1 aliphatic carbocycles. The largest absolute Gasteiger partial charge is 0.454 e. The molecular weight excluding hydrogens is 504 g/mol. The number of nitrogens with two attached hydrogens (primary N) is 1. The summed E-state index contributed by atoms with van der Waals surface area (Å²) in [5.41, 5.74) is 6.32. The molecule has 38 heavy (non-hydrogen) atoms. The lowest BCUT2D eigenvalue weighted by molar-refractivity contribution is -0.133. The summed E-state index contributed by atoms with van der Waals surface area (Å²) in [6.45, 7) is -0.0353. The number of likely N-dealkylation sites (N-methyl/N-ethyl adjacent to an activating group) is 1. The van der Waals surface area contributed by atoms with Gasteiger partial charge in [-0.3, -0.25) is 14.9 Å². The van der Waals surface area contributed by atoms with E-state index in [4.69, 9.17) is 5.73 Å². The van der Waals surface area contributed by atoms with Gasteiger partial charge in [0.2, 0.25) is 0 Å². The first-order chi connectivity index (χ1) is 18.1. The molecule has 2 aromatic carbocycles. The Morgan fingerprint density at radius 3 is 2.61 bits per heavy atom. The van der Waals surface area contributed by atoms with Crippen LogP contribution >= 0.6 is 0 Å². The average Bonchev–Trinajstić information content (AvgIpc) is 3.47. The summed E-state index contributed by atoms with van der Waals surface area (Å²) in [6.07, 6.45) is -2.79. The number of amidine groups is 1. The van der Waals surface area contributed by atoms with Gasteiger partial charge in [-0.25, -0.2) is 9.38 Å². The predicted molar refractivity (Wildman–Crippen MR) is 131 cm³/mol. The molecule has 3 aliphatic rings. The summed E-state index contributed by atoms with van der Waals surface area (Å²) in [7, 11) is 1.67. The highest BCUT2D eigenvalue weighted by atomic mass is 19.4. The van der Waals surface area contributed by atoms with E-state index in [0.29, 0.717) is 11.5 Å². The Hall–Kier alpha value is -3.93. The van der Waals surface area contributed by atoms with Crippen LogP contribution in [0.2, 0.25) is 0 Å². The molecule has 1 saturated heterocycles. The van der Waals surface area contributed by atoms with Crippen LogP contribution in [0.4, 0.5) is 23.2 Å². The van der Waals surface area contributed by atoms with Crippen LogP contribution in [0.5, 0.6) is 0 Å². The molecular formula is C26H26F4N6O2. The first-order valence-electron chi connectivity index (χ1n) is 12.2. The number of fused-ring (bicyclic) bond motifs is 3. The summed E-state index contributed by atoms with van der Waals surface area (Å²) in [4.78, 5) is 33.0. The standard InChI is InChI=1S/C26H26F4N6O2/c1-35-24(38)20(22(31)33-15-6-3-2-4-7-15)23(36-19-9-5-8-18(19)34-25(35)36)32-13-14-10-11-16(17(27)12-14)21(37)26(28,29)30/h2-4,6-7,10-12,18-19,25,32,34H,5,8-9,13H2,1H3,(H2,31,33). The van der Waals surface area contributed by atoms with Crippen LogP contribution in [0.1, 0.15) is 35.2 Å². The summed E-state index contributed by atoms with van der Waals surface area (Å²) in [6, 6.07) is 12.1. The van der Waals surface area contributed by atoms with Crippen molar-refractivity contribution in [3.8, 4) is 0 Å². The molecule has 1 amide bonds. The monoisotopic (exact) mass is 530 g/mol. The van der Waals surface area contributed by atoms with Crippen molar-refractivity contribution in [2.45, 2.75) is 50.4 Å². The molecule has 2 aliphatic heterocycles. The van der Waals surface area contributed by atoms with Gasteiger partial charge >= 0.3 is 6.18 Å². The van der Waals surface area contributed by atoms with E-state index < -0.39 is 29.6 Å². The number of nitrogens with zero attached hydrogens (tertiary/aromatic N) is 3. The van der Waals surface area contributed by atoms with E-state index in [0.717, 1.165) is 31.4 Å². The zero-order chi connectivity index (χ0) is 27.2. The maximum Gasteiger partial charge on any atom is 0.454 e. The third-order valence-corrected chi connectivity index (χ3v) is 7.12. The van der Waals surface area contributed by atoms with Gasteiger partial charge in [0.1, 0.15) is 23.0 Å². The van der Waals surface area contributed by atoms with E-state index in [-0.39, 0.29) is 41.5 Å². The second-order valence-corrected chi connectivity index (χ2v) is 9.52. The molecule has 3 unspecified atom stereocenters. The predicted octanol–water partition coefficient (Wildman–Crippen LogP) is 3.14. The van der Waals surface area contributed by atoms with E-state index >= 15 is 0 Å². The second-order valence-electron chi connectivity index (χ2n) is 9.52. The Bertz CT molecular complexity index is 1330. The Kier molecular flexibility index (Phi) is 6.59. The minimum Gasteiger partial charge on any atom is -0.383 e. The van der Waals surface area contributed by atoms with E-state index in [1.54, 1.807) is 36.2 Å². The van der Waals surface area contributed by atoms with Crippen molar-refractivity contribution >= 4 is 23.2 Å². The molecule has 5 rings (SSSR count). The summed E-state index contributed by atoms with van der Waals surface area (Å²) in [5, 5.41) is 6.67. The van der Waals surface area contributed by atoms with Crippen LogP contribution in [0, 0.1) is 5.82 Å². The van der Waals surface area contributed by atoms with Crippen molar-refractivity contribution < 1.29 is 27.2 Å². The van der Waals surface area contributed by atoms with E-state index in [9.17, 15) is 27.2 Å². The lowest BCUT2D eigenvalue weighted by Gasteiger charge is -2.43. The Labute approximate surface area is 216 Å². The van der Waals surface area contributed by atoms with Gasteiger partial charge in [-0.2, -0.15) is 13.2 Å². The third-order valence-electron chi connectivity index (χ3n) is 7.12. The van der Waals surface area contributed by atoms with Gasteiger partial charge in [-0.05, 0) is 49.1 Å². The van der Waals surface area contributed by atoms with Gasteiger partial charge < -0.3 is 20.9 Å². The van der Waals surface area contributed by atoms with Crippen molar-refractivity contribution in [1.82, 2.24) is 20.4 Å². The van der Waals surface area contributed by atoms with Crippen molar-refractivity contribution in [2.75, 3.05) is 7.05 Å². The number of hydrogen-bond acceptors (Lipinski definition) is 6. The second kappa shape index (κ2) is 9.75. The highest BCUT2D eigenvalue weighted by Gasteiger charge is 2.51. The molecule has 4 N–H and O–H groups in total. The van der Waals surface area contributed by atoms with Crippen LogP contribution in [-0.4, -0.2) is 58.9 Å². The first-order valence-corrected chi connectivity index (χ1v) is 12.2. The highest BCUT2D eigenvalue weighted by Crippen LogP contribution is 2.38. The summed E-state index contributed by atoms with van der Waals surface area (Å²) < 4.78 is 52.8. The number of aliphatic imine (C=N–C) groups is 1. The highest BCUT2D eigenvalue weighted by molar-refractivity contribution is 6.21. The zero-order valence-corrected chi connectivity index (χ0v) is 20.4. The number of amides is 1. The number of carbonyl (C=O) groups excluding carboxylic acids is 2. The summed E-state index contributed by atoms with van der Waals surface area (Å²) in [5.74, 6) is -3.48. The zero-order valence-electron chi connectivity index (χ0n) is 20.4. The van der Waals surface area contributed by atoms with Crippen LogP contribution in [0.15, 0.2) is 64.9 Å². The average molecular weight is 531 g/mol. The lowest BCUT2D eigenvalue weighted by Crippen LogP contribution is -2.59. The molecule has 3 atom stereocenters. The minimum atomic E-state index is -5.18. The molecule has 2 fully saturated rings. The van der Waals surface area contributed by atoms with Crippen molar-refractivity contribution in [1.29, 1.82) is 0 Å². The third kappa shape index (κ3) is 4.60. The number of para-hydroxylation sites is 1. The van der Waals surface area contributed by atoms with Crippen LogP contribution in [0.3, 0.4) is 0 Å². The Morgan fingerprint density at radius 1 is 1.18 bits per heavy atom. The van der Waals surface area contributed by atoms with Crippen molar-refractivity contribution in [3.63, 3.8) is 0 Å². The fourth-order valence-corrected chi connectivity index (χ4v) is 5.32. The molecule has 0 radical (unpaired) electrons. The van der Waals surface area contributed by atoms with E-state index in [1.165, 1.54) is 6.07 Å². The molecule has 2 heterocycles. The number of rotatable bonds is 6. The number of Topliss-reactive ketones (excluding diaryl/α,β-unsaturated/α-hetero) is 1. The smallest absolute Gasteiger partial charge is 0.383 e. The Balaban J connectivity index is 1.51. The Morgan fingerprint density at radius 2 is 1.92 bits per heavy atom. The molecule has 0 aromatic heterocycles. The van der Waals surface area contributed by atoms with E-state index in [2.05, 4.69) is 15.6 Å². The van der Waals surface area contributed by atoms with Gasteiger partial charge in [-0.15, -0.1) is 0 Å². The van der Waals surface area contributed by atoms with E-state index in [1.807, 2.05) is 11.0 Å². The minimum absolute atomic E-state index is 0.00671. The number of hydrogen-bond donors (Lipinski definition) is 3. The molecule has 200 valence electrons. The van der Waals surface area contributed by atoms with Crippen molar-refractivity contribution in [2.24, 2.45) is 10.7 Å². The van der Waals surface area contributed by atoms with Gasteiger partial charge in [-0.1, -0.05) is 24.3 Å². The van der Waals surface area contributed by atoms with Crippen molar-refractivity contribution in [3.05, 3.63) is 76.9 Å². The number of carbonyl (C=O) groups is 2. The molecule has 12 heteroatoms. The van der Waals surface area contributed by atoms with Gasteiger partial charge in [0.25, 0.3) is 11.7 Å². The first kappa shape index (κ1) is 25.7. The molecule has 8 nitrogen and oxygen atoms in total. The quantitative estimate of drug-likeness (QED) is 0.230. The summed E-state index contributed by atoms with van der Waals surface area (Å²) >= 11 is 0. The fourth-order valence-electron chi connectivity index (χ4n) is 5.32. The SMILES string of the molecule is CN1C(=O)C(C(N)=Nc2ccccc2)=C(NCc2ccc(C(=O)C(F)(F)F)c(F)c2)N2C3CCCC3NC12.